The Kier molecular flexibility index (Phi) is 4.95. The number of hydrogen-bond acceptors (Lipinski definition) is 3. The number of benzene rings is 2. The topological polar surface area (TPSA) is 82.7 Å². The van der Waals surface area contributed by atoms with Gasteiger partial charge in [-0.05, 0) is 36.8 Å². The molecular formula is C19H19N5O. The van der Waals surface area contributed by atoms with Crippen molar-refractivity contribution in [2.75, 3.05) is 6.54 Å². The van der Waals surface area contributed by atoms with Crippen molar-refractivity contribution >= 4 is 17.1 Å². The van der Waals surface area contributed by atoms with Crippen molar-refractivity contribution in [2.24, 2.45) is 0 Å². The van der Waals surface area contributed by atoms with Crippen LogP contribution >= 0.6 is 0 Å². The van der Waals surface area contributed by atoms with Gasteiger partial charge in [-0.2, -0.15) is 5.26 Å². The molecule has 6 heteroatoms. The van der Waals surface area contributed by atoms with Crippen LogP contribution in [0.2, 0.25) is 0 Å². The molecule has 0 aliphatic rings. The molecule has 0 atom stereocenters. The number of fused-ring (bicyclic) bond motifs is 1. The summed E-state index contributed by atoms with van der Waals surface area (Å²) in [7, 11) is 0. The van der Waals surface area contributed by atoms with Crippen LogP contribution in [-0.2, 0) is 13.1 Å². The lowest BCUT2D eigenvalue weighted by Crippen LogP contribution is -2.36. The summed E-state index contributed by atoms with van der Waals surface area (Å²) in [4.78, 5) is 16.4. The summed E-state index contributed by atoms with van der Waals surface area (Å²) in [5, 5.41) is 14.4. The molecule has 2 N–H and O–H groups in total. The summed E-state index contributed by atoms with van der Waals surface area (Å²) >= 11 is 0. The Morgan fingerprint density at radius 2 is 1.92 bits per heavy atom. The first-order chi connectivity index (χ1) is 12.2. The number of hydrogen-bond donors (Lipinski definition) is 2. The lowest BCUT2D eigenvalue weighted by molar-refractivity contribution is 0.240. The fourth-order valence-corrected chi connectivity index (χ4v) is 2.70. The van der Waals surface area contributed by atoms with Gasteiger partial charge in [-0.15, -0.1) is 0 Å². The lowest BCUT2D eigenvalue weighted by atomic mass is 10.1. The number of amides is 2. The Morgan fingerprint density at radius 1 is 1.16 bits per heavy atom. The highest BCUT2D eigenvalue weighted by Gasteiger charge is 2.07. The smallest absolute Gasteiger partial charge is 0.315 e. The molecule has 25 heavy (non-hydrogen) atoms. The predicted molar refractivity (Wildman–Crippen MR) is 95.9 cm³/mol. The van der Waals surface area contributed by atoms with E-state index >= 15 is 0 Å². The summed E-state index contributed by atoms with van der Waals surface area (Å²) in [6.45, 7) is 3.56. The molecule has 0 radical (unpaired) electrons. The number of aromatic nitrogens is 2. The van der Waals surface area contributed by atoms with E-state index in [1.165, 1.54) is 0 Å². The number of nitrogens with one attached hydrogen (secondary N) is 2. The molecule has 0 saturated heterocycles. The molecule has 3 aromatic rings. The van der Waals surface area contributed by atoms with E-state index in [9.17, 15) is 4.79 Å². The molecule has 1 heterocycles. The van der Waals surface area contributed by atoms with Gasteiger partial charge in [-0.25, -0.2) is 9.78 Å². The first-order valence-corrected chi connectivity index (χ1v) is 8.10. The Labute approximate surface area is 146 Å². The van der Waals surface area contributed by atoms with E-state index in [4.69, 9.17) is 5.26 Å². The maximum atomic E-state index is 11.9. The molecule has 0 bridgehead atoms. The summed E-state index contributed by atoms with van der Waals surface area (Å²) in [5.74, 6) is 0.931. The van der Waals surface area contributed by atoms with Gasteiger partial charge in [-0.3, -0.25) is 0 Å². The Bertz CT molecular complexity index is 921. The standard InChI is InChI=1S/C19H19N5O/c1-14-23-17-4-2-3-5-18(17)24(14)11-10-21-19(25)22-13-16-8-6-15(12-20)7-9-16/h2-9H,10-11,13H2,1H3,(H2,21,22,25). The highest BCUT2D eigenvalue weighted by molar-refractivity contribution is 5.76. The zero-order valence-electron chi connectivity index (χ0n) is 14.0. The molecule has 126 valence electrons. The number of imidazole rings is 1. The highest BCUT2D eigenvalue weighted by Crippen LogP contribution is 2.14. The summed E-state index contributed by atoms with van der Waals surface area (Å²) in [5.41, 5.74) is 3.59. The molecule has 2 aromatic carbocycles. The van der Waals surface area contributed by atoms with Crippen molar-refractivity contribution in [3.05, 3.63) is 65.5 Å². The van der Waals surface area contributed by atoms with E-state index in [1.54, 1.807) is 12.1 Å². The average molecular weight is 333 g/mol. The SMILES string of the molecule is Cc1nc2ccccc2n1CCNC(=O)NCc1ccc(C#N)cc1. The Hall–Kier alpha value is -3.33. The Morgan fingerprint density at radius 3 is 2.68 bits per heavy atom. The van der Waals surface area contributed by atoms with Crippen LogP contribution < -0.4 is 10.6 Å². The summed E-state index contributed by atoms with van der Waals surface area (Å²) in [6, 6.07) is 17.0. The number of nitriles is 1. The first-order valence-electron chi connectivity index (χ1n) is 8.10. The highest BCUT2D eigenvalue weighted by atomic mass is 16.2. The van der Waals surface area contributed by atoms with Crippen molar-refractivity contribution < 1.29 is 4.79 Å². The van der Waals surface area contributed by atoms with Crippen molar-refractivity contribution in [1.82, 2.24) is 20.2 Å². The zero-order chi connectivity index (χ0) is 17.6. The maximum absolute atomic E-state index is 11.9. The van der Waals surface area contributed by atoms with Gasteiger partial charge < -0.3 is 15.2 Å². The Balaban J connectivity index is 1.49. The second-order valence-electron chi connectivity index (χ2n) is 5.72. The molecule has 0 aliphatic heterocycles. The molecule has 0 saturated carbocycles. The van der Waals surface area contributed by atoms with E-state index in [1.807, 2.05) is 43.3 Å². The van der Waals surface area contributed by atoms with Gasteiger partial charge in [0.05, 0.1) is 22.7 Å². The van der Waals surface area contributed by atoms with Crippen molar-refractivity contribution in [2.45, 2.75) is 20.0 Å². The average Bonchev–Trinajstić information content (AvgIpc) is 2.96. The number of rotatable bonds is 5. The van der Waals surface area contributed by atoms with Crippen molar-refractivity contribution in [3.8, 4) is 6.07 Å². The fourth-order valence-electron chi connectivity index (χ4n) is 2.70. The minimum absolute atomic E-state index is 0.216. The first kappa shape index (κ1) is 16.5. The van der Waals surface area contributed by atoms with E-state index in [2.05, 4.69) is 26.3 Å². The minimum atomic E-state index is -0.216. The fraction of sp³-hybridized carbons (Fsp3) is 0.211. The number of nitrogens with zero attached hydrogens (tertiary/aromatic N) is 3. The third kappa shape index (κ3) is 3.96. The number of urea groups is 1. The normalized spacial score (nSPS) is 10.4. The largest absolute Gasteiger partial charge is 0.336 e. The van der Waals surface area contributed by atoms with Crippen molar-refractivity contribution in [1.29, 1.82) is 5.26 Å². The second-order valence-corrected chi connectivity index (χ2v) is 5.72. The molecule has 6 nitrogen and oxygen atoms in total. The number of aryl methyl sites for hydroxylation is 1. The van der Waals surface area contributed by atoms with Gasteiger partial charge in [0.2, 0.25) is 0 Å². The molecule has 0 unspecified atom stereocenters. The quantitative estimate of drug-likeness (QED) is 0.753. The monoisotopic (exact) mass is 333 g/mol. The van der Waals surface area contributed by atoms with E-state index in [-0.39, 0.29) is 6.03 Å². The van der Waals surface area contributed by atoms with Gasteiger partial charge in [-0.1, -0.05) is 24.3 Å². The molecule has 1 aromatic heterocycles. The van der Waals surface area contributed by atoms with Crippen molar-refractivity contribution in [3.63, 3.8) is 0 Å². The van der Waals surface area contributed by atoms with Crippen LogP contribution in [0, 0.1) is 18.3 Å². The van der Waals surface area contributed by atoms with Gasteiger partial charge in [0.1, 0.15) is 5.82 Å². The van der Waals surface area contributed by atoms with Crippen LogP contribution in [0.15, 0.2) is 48.5 Å². The molecule has 0 spiro atoms. The number of carbonyl (C=O) groups is 1. The van der Waals surface area contributed by atoms with Crippen LogP contribution in [0.4, 0.5) is 4.79 Å². The second kappa shape index (κ2) is 7.49. The van der Waals surface area contributed by atoms with E-state index in [0.717, 1.165) is 22.4 Å². The summed E-state index contributed by atoms with van der Waals surface area (Å²) < 4.78 is 2.09. The third-order valence-corrected chi connectivity index (χ3v) is 4.00. The van der Waals surface area contributed by atoms with Gasteiger partial charge in [0, 0.05) is 19.6 Å². The maximum Gasteiger partial charge on any atom is 0.315 e. The van der Waals surface area contributed by atoms with Crippen LogP contribution in [-0.4, -0.2) is 22.1 Å². The molecular weight excluding hydrogens is 314 g/mol. The van der Waals surface area contributed by atoms with Gasteiger partial charge in [0.25, 0.3) is 0 Å². The van der Waals surface area contributed by atoms with Gasteiger partial charge in [0.15, 0.2) is 0 Å². The third-order valence-electron chi connectivity index (χ3n) is 4.00. The minimum Gasteiger partial charge on any atom is -0.336 e. The molecule has 0 aliphatic carbocycles. The van der Waals surface area contributed by atoms with E-state index in [0.29, 0.717) is 25.2 Å². The summed E-state index contributed by atoms with van der Waals surface area (Å²) in [6.07, 6.45) is 0. The van der Waals surface area contributed by atoms with Crippen LogP contribution in [0.5, 0.6) is 0 Å². The predicted octanol–water partition coefficient (Wildman–Crippen LogP) is 2.72. The van der Waals surface area contributed by atoms with Gasteiger partial charge >= 0.3 is 6.03 Å². The molecule has 0 fully saturated rings. The number of carbonyl (C=O) groups excluding carboxylic acids is 1. The lowest BCUT2D eigenvalue weighted by Gasteiger charge is -2.10. The van der Waals surface area contributed by atoms with Crippen LogP contribution in [0.3, 0.4) is 0 Å². The molecule has 3 rings (SSSR count). The zero-order valence-corrected chi connectivity index (χ0v) is 14.0. The van der Waals surface area contributed by atoms with Crippen LogP contribution in [0.25, 0.3) is 11.0 Å². The number of para-hydroxylation sites is 2. The molecule has 2 amide bonds. The van der Waals surface area contributed by atoms with E-state index < -0.39 is 0 Å². The van der Waals surface area contributed by atoms with Crippen LogP contribution in [0.1, 0.15) is 17.0 Å².